The van der Waals surface area contributed by atoms with Gasteiger partial charge in [-0.2, -0.15) is 0 Å². The van der Waals surface area contributed by atoms with Gasteiger partial charge in [0.1, 0.15) is 23.0 Å². The molecular formula is C16H16N4O5. The first-order valence-corrected chi connectivity index (χ1v) is 7.48. The molecule has 0 bridgehead atoms. The number of carbonyl (C=O) groups excluding carboxylic acids is 2. The van der Waals surface area contributed by atoms with Crippen molar-refractivity contribution in [3.63, 3.8) is 0 Å². The van der Waals surface area contributed by atoms with Gasteiger partial charge in [0.05, 0.1) is 17.8 Å². The molecule has 3 aromatic rings. The topological polar surface area (TPSA) is 123 Å². The monoisotopic (exact) mass is 344 g/mol. The summed E-state index contributed by atoms with van der Waals surface area (Å²) in [6, 6.07) is 4.97. The Hall–Kier alpha value is -3.36. The summed E-state index contributed by atoms with van der Waals surface area (Å²) in [5, 5.41) is 12.3. The molecule has 3 heterocycles. The zero-order valence-electron chi connectivity index (χ0n) is 13.9. The molecule has 9 nitrogen and oxygen atoms in total. The van der Waals surface area contributed by atoms with E-state index in [1.807, 2.05) is 6.92 Å². The summed E-state index contributed by atoms with van der Waals surface area (Å²) in [5.41, 5.74) is 1.49. The van der Waals surface area contributed by atoms with E-state index in [0.717, 1.165) is 5.56 Å². The number of hydrogen-bond acceptors (Lipinski definition) is 7. The Balaban J connectivity index is 1.58. The van der Waals surface area contributed by atoms with Gasteiger partial charge in [-0.3, -0.25) is 14.9 Å². The Bertz CT molecular complexity index is 901. The maximum atomic E-state index is 11.8. The van der Waals surface area contributed by atoms with Gasteiger partial charge in [0.2, 0.25) is 0 Å². The van der Waals surface area contributed by atoms with Crippen LogP contribution in [0, 0.1) is 20.8 Å². The predicted molar refractivity (Wildman–Crippen MR) is 85.4 cm³/mol. The molecule has 130 valence electrons. The first kappa shape index (κ1) is 16.5. The van der Waals surface area contributed by atoms with E-state index in [2.05, 4.69) is 20.9 Å². The van der Waals surface area contributed by atoms with E-state index >= 15 is 0 Å². The lowest BCUT2D eigenvalue weighted by atomic mass is 10.1. The van der Waals surface area contributed by atoms with E-state index < -0.39 is 11.8 Å². The molecule has 0 aliphatic carbocycles. The van der Waals surface area contributed by atoms with E-state index in [9.17, 15) is 9.59 Å². The minimum Gasteiger partial charge on any atom is -0.459 e. The maximum absolute atomic E-state index is 11.8. The van der Waals surface area contributed by atoms with Crippen molar-refractivity contribution in [3.05, 3.63) is 41.2 Å². The Morgan fingerprint density at radius 1 is 1.08 bits per heavy atom. The molecule has 3 rings (SSSR count). The largest absolute Gasteiger partial charge is 0.459 e. The number of carbonyl (C=O) groups is 2. The standard InChI is InChI=1S/C16H16N4O5/c1-8-6-13(20-24-8)18-16(22)15(21)17-7-11-4-5-12(23-11)14-9(2)19-25-10(14)3/h4-6H,7H2,1-3H3,(H,17,21)(H,18,20,22). The van der Waals surface area contributed by atoms with Crippen molar-refractivity contribution in [2.24, 2.45) is 0 Å². The number of nitrogens with zero attached hydrogens (tertiary/aromatic N) is 2. The average molecular weight is 344 g/mol. The summed E-state index contributed by atoms with van der Waals surface area (Å²) < 4.78 is 15.6. The first-order chi connectivity index (χ1) is 11.9. The fourth-order valence-electron chi connectivity index (χ4n) is 2.29. The van der Waals surface area contributed by atoms with Crippen LogP contribution in [-0.4, -0.2) is 22.1 Å². The molecule has 0 aromatic carbocycles. The summed E-state index contributed by atoms with van der Waals surface area (Å²) in [7, 11) is 0. The van der Waals surface area contributed by atoms with Crippen molar-refractivity contribution in [2.75, 3.05) is 5.32 Å². The lowest BCUT2D eigenvalue weighted by Crippen LogP contribution is -2.34. The number of anilines is 1. The summed E-state index contributed by atoms with van der Waals surface area (Å²) in [5.74, 6) is 0.775. The first-order valence-electron chi connectivity index (χ1n) is 7.48. The molecule has 0 radical (unpaired) electrons. The lowest BCUT2D eigenvalue weighted by Gasteiger charge is -2.02. The van der Waals surface area contributed by atoms with Crippen LogP contribution >= 0.6 is 0 Å². The van der Waals surface area contributed by atoms with Crippen LogP contribution in [0.5, 0.6) is 0 Å². The van der Waals surface area contributed by atoms with Crippen LogP contribution in [0.3, 0.4) is 0 Å². The summed E-state index contributed by atoms with van der Waals surface area (Å²) in [4.78, 5) is 23.6. The molecule has 0 atom stereocenters. The van der Waals surface area contributed by atoms with Crippen LogP contribution in [0.15, 0.2) is 31.7 Å². The predicted octanol–water partition coefficient (Wildman–Crippen LogP) is 2.10. The number of aryl methyl sites for hydroxylation is 3. The second-order valence-electron chi connectivity index (χ2n) is 5.42. The minimum absolute atomic E-state index is 0.0630. The fraction of sp³-hybridized carbons (Fsp3) is 0.250. The van der Waals surface area contributed by atoms with Gasteiger partial charge in [-0.1, -0.05) is 10.3 Å². The van der Waals surface area contributed by atoms with Gasteiger partial charge in [0.25, 0.3) is 0 Å². The van der Waals surface area contributed by atoms with Gasteiger partial charge in [-0.05, 0) is 32.9 Å². The van der Waals surface area contributed by atoms with Gasteiger partial charge in [-0.15, -0.1) is 0 Å². The van der Waals surface area contributed by atoms with Gasteiger partial charge < -0.3 is 18.8 Å². The Labute approximate surface area is 142 Å². The number of aromatic nitrogens is 2. The summed E-state index contributed by atoms with van der Waals surface area (Å²) >= 11 is 0. The summed E-state index contributed by atoms with van der Waals surface area (Å²) in [6.07, 6.45) is 0. The van der Waals surface area contributed by atoms with Crippen LogP contribution in [0.25, 0.3) is 11.3 Å². The Kier molecular flexibility index (Phi) is 4.38. The van der Waals surface area contributed by atoms with Crippen molar-refractivity contribution >= 4 is 17.6 Å². The van der Waals surface area contributed by atoms with Crippen molar-refractivity contribution in [1.29, 1.82) is 0 Å². The molecule has 9 heteroatoms. The highest BCUT2D eigenvalue weighted by Crippen LogP contribution is 2.28. The molecule has 2 N–H and O–H groups in total. The highest BCUT2D eigenvalue weighted by Gasteiger charge is 2.18. The van der Waals surface area contributed by atoms with Crippen LogP contribution in [0.1, 0.15) is 23.0 Å². The SMILES string of the molecule is Cc1cc(NC(=O)C(=O)NCc2ccc(-c3c(C)noc3C)o2)no1. The van der Waals surface area contributed by atoms with Gasteiger partial charge in [0.15, 0.2) is 5.82 Å². The summed E-state index contributed by atoms with van der Waals surface area (Å²) in [6.45, 7) is 5.34. The smallest absolute Gasteiger partial charge is 0.314 e. The molecule has 0 saturated heterocycles. The van der Waals surface area contributed by atoms with Crippen molar-refractivity contribution in [3.8, 4) is 11.3 Å². The van der Waals surface area contributed by atoms with Crippen LogP contribution < -0.4 is 10.6 Å². The number of hydrogen-bond donors (Lipinski definition) is 2. The van der Waals surface area contributed by atoms with Crippen LogP contribution in [0.4, 0.5) is 5.82 Å². The molecule has 0 unspecified atom stereocenters. The Morgan fingerprint density at radius 3 is 2.52 bits per heavy atom. The normalized spacial score (nSPS) is 10.7. The van der Waals surface area contributed by atoms with E-state index in [-0.39, 0.29) is 12.4 Å². The third kappa shape index (κ3) is 3.60. The minimum atomic E-state index is -0.842. The number of amides is 2. The fourth-order valence-corrected chi connectivity index (χ4v) is 2.29. The Morgan fingerprint density at radius 2 is 1.88 bits per heavy atom. The quantitative estimate of drug-likeness (QED) is 0.695. The number of furan rings is 1. The average Bonchev–Trinajstić information content (AvgIpc) is 3.27. The zero-order chi connectivity index (χ0) is 18.0. The highest BCUT2D eigenvalue weighted by molar-refractivity contribution is 6.39. The van der Waals surface area contributed by atoms with Gasteiger partial charge in [0, 0.05) is 6.07 Å². The lowest BCUT2D eigenvalue weighted by molar-refractivity contribution is -0.136. The van der Waals surface area contributed by atoms with E-state index in [4.69, 9.17) is 13.5 Å². The van der Waals surface area contributed by atoms with Gasteiger partial charge in [-0.25, -0.2) is 0 Å². The highest BCUT2D eigenvalue weighted by atomic mass is 16.5. The molecule has 0 saturated carbocycles. The number of rotatable bonds is 4. The second kappa shape index (κ2) is 6.63. The molecule has 3 aromatic heterocycles. The molecule has 25 heavy (non-hydrogen) atoms. The van der Waals surface area contributed by atoms with E-state index in [0.29, 0.717) is 28.7 Å². The third-order valence-corrected chi connectivity index (χ3v) is 3.44. The molecular weight excluding hydrogens is 328 g/mol. The number of nitrogens with one attached hydrogen (secondary N) is 2. The van der Waals surface area contributed by atoms with Crippen molar-refractivity contribution in [2.45, 2.75) is 27.3 Å². The van der Waals surface area contributed by atoms with Crippen molar-refractivity contribution in [1.82, 2.24) is 15.6 Å². The van der Waals surface area contributed by atoms with E-state index in [1.165, 1.54) is 6.07 Å². The third-order valence-electron chi connectivity index (χ3n) is 3.44. The molecule has 0 fully saturated rings. The van der Waals surface area contributed by atoms with Gasteiger partial charge >= 0.3 is 11.8 Å². The second-order valence-corrected chi connectivity index (χ2v) is 5.42. The zero-order valence-corrected chi connectivity index (χ0v) is 13.9. The maximum Gasteiger partial charge on any atom is 0.314 e. The molecule has 0 aliphatic heterocycles. The molecule has 0 spiro atoms. The molecule has 2 amide bonds. The van der Waals surface area contributed by atoms with Crippen LogP contribution in [-0.2, 0) is 16.1 Å². The van der Waals surface area contributed by atoms with Crippen LogP contribution in [0.2, 0.25) is 0 Å². The molecule has 0 aliphatic rings. The van der Waals surface area contributed by atoms with E-state index in [1.54, 1.807) is 26.0 Å². The van der Waals surface area contributed by atoms with Crippen molar-refractivity contribution < 1.29 is 23.1 Å².